The highest BCUT2D eigenvalue weighted by molar-refractivity contribution is 5.98. The number of aromatic nitrogens is 2. The molecule has 8 heteroatoms. The lowest BCUT2D eigenvalue weighted by Gasteiger charge is -2.32. The molecule has 1 amide bonds. The van der Waals surface area contributed by atoms with E-state index in [1.807, 2.05) is 6.07 Å². The fourth-order valence-electron chi connectivity index (χ4n) is 3.45. The van der Waals surface area contributed by atoms with Gasteiger partial charge in [0.25, 0.3) is 5.91 Å². The molecule has 0 radical (unpaired) electrons. The van der Waals surface area contributed by atoms with Gasteiger partial charge in [0.1, 0.15) is 6.54 Å². The van der Waals surface area contributed by atoms with E-state index in [0.29, 0.717) is 30.2 Å². The molecule has 1 saturated heterocycles. The number of nitrogens with zero attached hydrogens (tertiary/aromatic N) is 3. The predicted molar refractivity (Wildman–Crippen MR) is 97.3 cm³/mol. The quantitative estimate of drug-likeness (QED) is 0.832. The zero-order valence-corrected chi connectivity index (χ0v) is 15.4. The molecule has 1 N–H and O–H groups in total. The van der Waals surface area contributed by atoms with Gasteiger partial charge in [0, 0.05) is 25.2 Å². The van der Waals surface area contributed by atoms with Crippen LogP contribution in [0.15, 0.2) is 30.5 Å². The van der Waals surface area contributed by atoms with Gasteiger partial charge in [-0.05, 0) is 31.0 Å². The number of hydrogen-bond donors (Lipinski definition) is 1. The van der Waals surface area contributed by atoms with Crippen molar-refractivity contribution in [3.63, 3.8) is 0 Å². The number of para-hydroxylation sites is 1. The van der Waals surface area contributed by atoms with Crippen LogP contribution >= 0.6 is 0 Å². The number of rotatable bonds is 6. The third-order valence-electron chi connectivity index (χ3n) is 4.72. The molecule has 27 heavy (non-hydrogen) atoms. The molecule has 2 aromatic rings. The first-order valence-corrected chi connectivity index (χ1v) is 8.79. The van der Waals surface area contributed by atoms with Gasteiger partial charge in [0.05, 0.1) is 25.5 Å². The number of amides is 1. The lowest BCUT2D eigenvalue weighted by atomic mass is 9.94. The number of carboxylic acid groups (broad SMARTS) is 1. The Balaban J connectivity index is 1.77. The number of carbonyl (C=O) groups excluding carboxylic acids is 1. The van der Waals surface area contributed by atoms with Crippen LogP contribution in [0.1, 0.15) is 34.8 Å². The average molecular weight is 373 g/mol. The fourth-order valence-corrected chi connectivity index (χ4v) is 3.45. The summed E-state index contributed by atoms with van der Waals surface area (Å²) in [6.07, 6.45) is 3.42. The molecule has 8 nitrogen and oxygen atoms in total. The average Bonchev–Trinajstić information content (AvgIpc) is 3.14. The van der Waals surface area contributed by atoms with Gasteiger partial charge in [-0.1, -0.05) is 6.07 Å². The van der Waals surface area contributed by atoms with Crippen molar-refractivity contribution in [3.05, 3.63) is 41.7 Å². The van der Waals surface area contributed by atoms with Gasteiger partial charge in [-0.25, -0.2) is 0 Å². The van der Waals surface area contributed by atoms with E-state index >= 15 is 0 Å². The first-order valence-electron chi connectivity index (χ1n) is 8.79. The number of piperidine rings is 1. The van der Waals surface area contributed by atoms with Crippen LogP contribution in [0.3, 0.4) is 0 Å². The largest absolute Gasteiger partial charge is 0.493 e. The van der Waals surface area contributed by atoms with Crippen molar-refractivity contribution in [2.45, 2.75) is 25.3 Å². The highest BCUT2D eigenvalue weighted by Gasteiger charge is 2.29. The maximum atomic E-state index is 13.1. The van der Waals surface area contributed by atoms with Crippen LogP contribution in [0.25, 0.3) is 0 Å². The van der Waals surface area contributed by atoms with Crippen LogP contribution in [0.2, 0.25) is 0 Å². The Morgan fingerprint density at radius 2 is 2.07 bits per heavy atom. The van der Waals surface area contributed by atoms with Gasteiger partial charge in [0.2, 0.25) is 0 Å². The van der Waals surface area contributed by atoms with Crippen molar-refractivity contribution in [2.24, 2.45) is 0 Å². The van der Waals surface area contributed by atoms with E-state index in [1.165, 1.54) is 18.9 Å². The second-order valence-electron chi connectivity index (χ2n) is 6.46. The number of hydrogen-bond acceptors (Lipinski definition) is 5. The van der Waals surface area contributed by atoms with Crippen LogP contribution in [-0.4, -0.2) is 59.0 Å². The molecule has 0 bridgehead atoms. The Kier molecular flexibility index (Phi) is 5.63. The second kappa shape index (κ2) is 8.11. The zero-order valence-electron chi connectivity index (χ0n) is 15.4. The summed E-state index contributed by atoms with van der Waals surface area (Å²) >= 11 is 0. The monoisotopic (exact) mass is 373 g/mol. The number of methoxy groups -OCH3 is 2. The molecule has 144 valence electrons. The Hall–Kier alpha value is -3.03. The Morgan fingerprint density at radius 3 is 2.78 bits per heavy atom. The standard InChI is InChI=1S/C19H23N3O5/c1-26-16-7-3-6-14(18(16)27-2)19(25)21-9-4-5-13(11-21)15-8-10-22(20-15)12-17(23)24/h3,6-8,10,13H,4-5,9,11-12H2,1-2H3,(H,23,24). The normalized spacial score (nSPS) is 16.8. The van der Waals surface area contributed by atoms with Crippen molar-refractivity contribution in [3.8, 4) is 11.5 Å². The van der Waals surface area contributed by atoms with Crippen LogP contribution < -0.4 is 9.47 Å². The number of carboxylic acids is 1. The van der Waals surface area contributed by atoms with Gasteiger partial charge in [-0.3, -0.25) is 14.3 Å². The minimum Gasteiger partial charge on any atom is -0.493 e. The highest BCUT2D eigenvalue weighted by Crippen LogP contribution is 2.33. The SMILES string of the molecule is COc1cccc(C(=O)N2CCCC(c3ccn(CC(=O)O)n3)C2)c1OC. The predicted octanol–water partition coefficient (Wildman–Crippen LogP) is 2.00. The molecule has 1 fully saturated rings. The zero-order chi connectivity index (χ0) is 19.4. The third-order valence-corrected chi connectivity index (χ3v) is 4.72. The summed E-state index contributed by atoms with van der Waals surface area (Å²) in [6, 6.07) is 7.08. The molecule has 0 spiro atoms. The molecule has 1 aliphatic rings. The third kappa shape index (κ3) is 4.05. The molecule has 1 aliphatic heterocycles. The summed E-state index contributed by atoms with van der Waals surface area (Å²) in [5.74, 6) is -0.0211. The summed E-state index contributed by atoms with van der Waals surface area (Å²) in [6.45, 7) is 1.02. The molecular formula is C19H23N3O5. The van der Waals surface area contributed by atoms with Crippen molar-refractivity contribution >= 4 is 11.9 Å². The maximum absolute atomic E-state index is 13.1. The first kappa shape index (κ1) is 18.8. The van der Waals surface area contributed by atoms with E-state index in [0.717, 1.165) is 18.5 Å². The summed E-state index contributed by atoms with van der Waals surface area (Å²) < 4.78 is 12.1. The van der Waals surface area contributed by atoms with E-state index < -0.39 is 5.97 Å². The van der Waals surface area contributed by atoms with Crippen LogP contribution in [0, 0.1) is 0 Å². The molecule has 1 aromatic heterocycles. The smallest absolute Gasteiger partial charge is 0.325 e. The number of benzene rings is 1. The van der Waals surface area contributed by atoms with Crippen LogP contribution in [0.4, 0.5) is 0 Å². The molecular weight excluding hydrogens is 350 g/mol. The van der Waals surface area contributed by atoms with E-state index in [9.17, 15) is 9.59 Å². The lowest BCUT2D eigenvalue weighted by Crippen LogP contribution is -2.39. The molecule has 3 rings (SSSR count). The molecule has 2 heterocycles. The summed E-state index contributed by atoms with van der Waals surface area (Å²) in [4.78, 5) is 25.7. The van der Waals surface area contributed by atoms with Crippen molar-refractivity contribution in [1.29, 1.82) is 0 Å². The Morgan fingerprint density at radius 1 is 1.26 bits per heavy atom. The minimum absolute atomic E-state index is 0.0781. The summed E-state index contributed by atoms with van der Waals surface area (Å²) in [5, 5.41) is 13.2. The Bertz CT molecular complexity index is 833. The number of ether oxygens (including phenoxy) is 2. The first-order chi connectivity index (χ1) is 13.0. The van der Waals surface area contributed by atoms with Crippen LogP contribution in [-0.2, 0) is 11.3 Å². The summed E-state index contributed by atoms with van der Waals surface area (Å²) in [7, 11) is 3.05. The number of likely N-dealkylation sites (tertiary alicyclic amines) is 1. The molecule has 0 aliphatic carbocycles. The second-order valence-corrected chi connectivity index (χ2v) is 6.46. The van der Waals surface area contributed by atoms with E-state index in [-0.39, 0.29) is 18.4 Å². The maximum Gasteiger partial charge on any atom is 0.325 e. The van der Waals surface area contributed by atoms with Crippen molar-refractivity contribution in [1.82, 2.24) is 14.7 Å². The van der Waals surface area contributed by atoms with Crippen molar-refractivity contribution in [2.75, 3.05) is 27.3 Å². The minimum atomic E-state index is -0.935. The van der Waals surface area contributed by atoms with Gasteiger partial charge in [-0.2, -0.15) is 5.10 Å². The Labute approximate surface area is 157 Å². The van der Waals surface area contributed by atoms with Gasteiger partial charge < -0.3 is 19.5 Å². The van der Waals surface area contributed by atoms with Gasteiger partial charge >= 0.3 is 5.97 Å². The van der Waals surface area contributed by atoms with Gasteiger partial charge in [0.15, 0.2) is 11.5 Å². The molecule has 1 unspecified atom stereocenters. The summed E-state index contributed by atoms with van der Waals surface area (Å²) in [5.41, 5.74) is 1.28. The molecule has 0 saturated carbocycles. The topological polar surface area (TPSA) is 93.9 Å². The van der Waals surface area contributed by atoms with Crippen LogP contribution in [0.5, 0.6) is 11.5 Å². The van der Waals surface area contributed by atoms with Crippen molar-refractivity contribution < 1.29 is 24.2 Å². The molecule has 1 atom stereocenters. The van der Waals surface area contributed by atoms with E-state index in [1.54, 1.807) is 29.3 Å². The van der Waals surface area contributed by atoms with E-state index in [4.69, 9.17) is 14.6 Å². The fraction of sp³-hybridized carbons (Fsp3) is 0.421. The van der Waals surface area contributed by atoms with Gasteiger partial charge in [-0.15, -0.1) is 0 Å². The number of carbonyl (C=O) groups is 2. The highest BCUT2D eigenvalue weighted by atomic mass is 16.5. The lowest BCUT2D eigenvalue weighted by molar-refractivity contribution is -0.137. The number of aliphatic carboxylic acids is 1. The molecule has 1 aromatic carbocycles. The van der Waals surface area contributed by atoms with E-state index in [2.05, 4.69) is 5.10 Å².